The maximum Gasteiger partial charge on any atom is 0.0435 e. The number of benzene rings is 1. The molecule has 1 aliphatic carbocycles. The largest absolute Gasteiger partial charge is 0.348 e. The van der Waals surface area contributed by atoms with Gasteiger partial charge in [0.1, 0.15) is 0 Å². The minimum atomic E-state index is 0.896. The van der Waals surface area contributed by atoms with E-state index in [0.717, 1.165) is 12.5 Å². The molecule has 74 valence electrons. The maximum atomic E-state index is 3.89. The van der Waals surface area contributed by atoms with Gasteiger partial charge in [-0.05, 0) is 43.5 Å². The summed E-state index contributed by atoms with van der Waals surface area (Å²) in [6, 6.07) is 8.49. The Morgan fingerprint density at radius 1 is 1.43 bits per heavy atom. The van der Waals surface area contributed by atoms with Gasteiger partial charge >= 0.3 is 0 Å². The molecule has 0 N–H and O–H groups in total. The highest BCUT2D eigenvalue weighted by atomic mass is 15.1. The van der Waals surface area contributed by atoms with Gasteiger partial charge in [-0.3, -0.25) is 0 Å². The third-order valence-corrected chi connectivity index (χ3v) is 2.80. The molecule has 0 spiro atoms. The zero-order chi connectivity index (χ0) is 9.97. The van der Waals surface area contributed by atoms with Crippen LogP contribution in [0, 0.1) is 12.8 Å². The summed E-state index contributed by atoms with van der Waals surface area (Å²) in [5.74, 6) is 0.896. The van der Waals surface area contributed by atoms with Crippen LogP contribution < -0.4 is 4.90 Å². The highest BCUT2D eigenvalue weighted by Crippen LogP contribution is 2.32. The molecule has 0 radical (unpaired) electrons. The second-order valence-electron chi connectivity index (χ2n) is 4.06. The Balaban J connectivity index is 2.16. The van der Waals surface area contributed by atoms with Crippen molar-refractivity contribution in [1.29, 1.82) is 0 Å². The van der Waals surface area contributed by atoms with E-state index in [-0.39, 0.29) is 0 Å². The van der Waals surface area contributed by atoms with E-state index in [1.807, 2.05) is 6.20 Å². The van der Waals surface area contributed by atoms with Gasteiger partial charge < -0.3 is 4.90 Å². The van der Waals surface area contributed by atoms with E-state index in [1.165, 1.54) is 24.1 Å². The number of nitrogens with zero attached hydrogens (tertiary/aromatic N) is 1. The van der Waals surface area contributed by atoms with Gasteiger partial charge in [-0.1, -0.05) is 24.8 Å². The molecule has 0 amide bonds. The van der Waals surface area contributed by atoms with Crippen LogP contribution >= 0.6 is 0 Å². The summed E-state index contributed by atoms with van der Waals surface area (Å²) in [5, 5.41) is 0. The van der Waals surface area contributed by atoms with Crippen molar-refractivity contribution in [1.82, 2.24) is 0 Å². The molecule has 1 aromatic carbocycles. The lowest BCUT2D eigenvalue weighted by Gasteiger charge is -2.21. The predicted molar refractivity (Wildman–Crippen MR) is 61.4 cm³/mol. The Hall–Kier alpha value is -1.24. The molecule has 0 aromatic heterocycles. The van der Waals surface area contributed by atoms with Gasteiger partial charge in [-0.15, -0.1) is 0 Å². The van der Waals surface area contributed by atoms with Crippen LogP contribution in [0.15, 0.2) is 37.0 Å². The zero-order valence-electron chi connectivity index (χ0n) is 8.74. The van der Waals surface area contributed by atoms with E-state index in [9.17, 15) is 0 Å². The van der Waals surface area contributed by atoms with Crippen molar-refractivity contribution in [2.45, 2.75) is 19.8 Å². The van der Waals surface area contributed by atoms with Gasteiger partial charge in [0.05, 0.1) is 0 Å². The van der Waals surface area contributed by atoms with Crippen molar-refractivity contribution in [2.24, 2.45) is 5.92 Å². The minimum Gasteiger partial charge on any atom is -0.348 e. The van der Waals surface area contributed by atoms with Crippen LogP contribution in [0.3, 0.4) is 0 Å². The van der Waals surface area contributed by atoms with Crippen LogP contribution in [0.5, 0.6) is 0 Å². The van der Waals surface area contributed by atoms with Gasteiger partial charge in [0.2, 0.25) is 0 Å². The normalized spacial score (nSPS) is 15.2. The first-order valence-electron chi connectivity index (χ1n) is 5.26. The fourth-order valence-corrected chi connectivity index (χ4v) is 1.74. The molecule has 1 saturated carbocycles. The Morgan fingerprint density at radius 3 is 2.71 bits per heavy atom. The molecule has 1 heteroatoms. The second-order valence-corrected chi connectivity index (χ2v) is 4.06. The van der Waals surface area contributed by atoms with Crippen molar-refractivity contribution >= 4 is 5.69 Å². The van der Waals surface area contributed by atoms with Crippen molar-refractivity contribution in [3.63, 3.8) is 0 Å². The lowest BCUT2D eigenvalue weighted by atomic mass is 10.2. The van der Waals surface area contributed by atoms with E-state index in [0.29, 0.717) is 0 Å². The lowest BCUT2D eigenvalue weighted by molar-refractivity contribution is 0.808. The third-order valence-electron chi connectivity index (χ3n) is 2.80. The Kier molecular flexibility index (Phi) is 2.58. The number of anilines is 1. The van der Waals surface area contributed by atoms with E-state index in [1.54, 1.807) is 0 Å². The molecule has 2 rings (SSSR count). The molecule has 0 heterocycles. The monoisotopic (exact) mass is 187 g/mol. The number of aryl methyl sites for hydroxylation is 1. The van der Waals surface area contributed by atoms with Gasteiger partial charge in [-0.2, -0.15) is 0 Å². The summed E-state index contributed by atoms with van der Waals surface area (Å²) in [6.07, 6.45) is 4.72. The summed E-state index contributed by atoms with van der Waals surface area (Å²) in [4.78, 5) is 2.27. The first-order valence-corrected chi connectivity index (χ1v) is 5.26. The molecule has 0 atom stereocenters. The van der Waals surface area contributed by atoms with Gasteiger partial charge in [0.25, 0.3) is 0 Å². The molecule has 1 aromatic rings. The van der Waals surface area contributed by atoms with Crippen molar-refractivity contribution in [3.8, 4) is 0 Å². The Labute approximate surface area is 86.1 Å². The van der Waals surface area contributed by atoms with Crippen LogP contribution in [0.25, 0.3) is 0 Å². The van der Waals surface area contributed by atoms with Gasteiger partial charge in [0, 0.05) is 12.2 Å². The highest BCUT2D eigenvalue weighted by molar-refractivity contribution is 5.55. The van der Waals surface area contributed by atoms with Crippen LogP contribution in [-0.2, 0) is 0 Å². The molecule has 0 saturated heterocycles. The van der Waals surface area contributed by atoms with E-state index >= 15 is 0 Å². The number of hydrogen-bond acceptors (Lipinski definition) is 1. The standard InChI is InChI=1S/C13H17N/c1-3-14(10-12-8-9-12)13-7-5-4-6-11(13)2/h3-7,12H,1,8-10H2,2H3. The van der Waals surface area contributed by atoms with E-state index < -0.39 is 0 Å². The topological polar surface area (TPSA) is 3.24 Å². The van der Waals surface area contributed by atoms with Gasteiger partial charge in [-0.25, -0.2) is 0 Å². The van der Waals surface area contributed by atoms with Crippen molar-refractivity contribution < 1.29 is 0 Å². The Morgan fingerprint density at radius 2 is 2.14 bits per heavy atom. The molecule has 1 aliphatic rings. The summed E-state index contributed by atoms with van der Waals surface area (Å²) in [6.45, 7) is 7.17. The third kappa shape index (κ3) is 1.98. The first-order chi connectivity index (χ1) is 6.81. The molecule has 1 nitrogen and oxygen atoms in total. The summed E-state index contributed by atoms with van der Waals surface area (Å²) >= 11 is 0. The van der Waals surface area contributed by atoms with Gasteiger partial charge in [0.15, 0.2) is 0 Å². The average molecular weight is 187 g/mol. The van der Waals surface area contributed by atoms with E-state index in [4.69, 9.17) is 0 Å². The van der Waals surface area contributed by atoms with Crippen molar-refractivity contribution in [2.75, 3.05) is 11.4 Å². The number of hydrogen-bond donors (Lipinski definition) is 0. The quantitative estimate of drug-likeness (QED) is 0.698. The molecular formula is C13H17N. The predicted octanol–water partition coefficient (Wildman–Crippen LogP) is 3.35. The summed E-state index contributed by atoms with van der Waals surface area (Å²) in [5.41, 5.74) is 2.63. The van der Waals surface area contributed by atoms with Crippen LogP contribution in [-0.4, -0.2) is 6.54 Å². The molecule has 0 aliphatic heterocycles. The maximum absolute atomic E-state index is 3.89. The van der Waals surface area contributed by atoms with E-state index in [2.05, 4.69) is 42.7 Å². The Bertz CT molecular complexity index is 326. The molecule has 14 heavy (non-hydrogen) atoms. The number of para-hydroxylation sites is 1. The summed E-state index contributed by atoms with van der Waals surface area (Å²) in [7, 11) is 0. The highest BCUT2D eigenvalue weighted by Gasteiger charge is 2.23. The molecular weight excluding hydrogens is 170 g/mol. The van der Waals surface area contributed by atoms with Crippen molar-refractivity contribution in [3.05, 3.63) is 42.6 Å². The second kappa shape index (κ2) is 3.87. The summed E-state index contributed by atoms with van der Waals surface area (Å²) < 4.78 is 0. The molecule has 0 unspecified atom stereocenters. The minimum absolute atomic E-state index is 0.896. The first kappa shape index (κ1) is 9.32. The fourth-order valence-electron chi connectivity index (χ4n) is 1.74. The van der Waals surface area contributed by atoms with Crippen LogP contribution in [0.4, 0.5) is 5.69 Å². The smallest absolute Gasteiger partial charge is 0.0435 e. The average Bonchev–Trinajstić information content (AvgIpc) is 2.99. The van der Waals surface area contributed by atoms with Crippen LogP contribution in [0.1, 0.15) is 18.4 Å². The zero-order valence-corrected chi connectivity index (χ0v) is 8.74. The molecule has 1 fully saturated rings. The lowest BCUT2D eigenvalue weighted by Crippen LogP contribution is -2.19. The van der Waals surface area contributed by atoms with Crippen LogP contribution in [0.2, 0.25) is 0 Å². The molecule has 0 bridgehead atoms. The number of rotatable bonds is 4. The SMILES string of the molecule is C=CN(CC1CC1)c1ccccc1C. The fraction of sp³-hybridized carbons (Fsp3) is 0.385.